The van der Waals surface area contributed by atoms with E-state index < -0.39 is 10.0 Å². The Bertz CT molecular complexity index is 691. The summed E-state index contributed by atoms with van der Waals surface area (Å²) in [7, 11) is -3.44. The van der Waals surface area contributed by atoms with Gasteiger partial charge in [-0.15, -0.1) is 35.3 Å². The van der Waals surface area contributed by atoms with Crippen molar-refractivity contribution in [1.29, 1.82) is 0 Å². The molecule has 0 amide bonds. The van der Waals surface area contributed by atoms with E-state index in [4.69, 9.17) is 9.47 Å². The Morgan fingerprint density at radius 3 is 2.82 bits per heavy atom. The first kappa shape index (κ1) is 25.6. The van der Waals surface area contributed by atoms with Crippen molar-refractivity contribution in [2.45, 2.75) is 37.0 Å². The molecule has 0 saturated carbocycles. The third-order valence-corrected chi connectivity index (χ3v) is 6.80. The summed E-state index contributed by atoms with van der Waals surface area (Å²) in [6.45, 7) is 8.13. The number of halogens is 1. The van der Waals surface area contributed by atoms with Gasteiger partial charge in [-0.05, 0) is 38.8 Å². The van der Waals surface area contributed by atoms with E-state index in [1.54, 1.807) is 12.1 Å². The highest BCUT2D eigenvalue weighted by Crippen LogP contribution is 2.19. The Morgan fingerprint density at radius 2 is 2.18 bits per heavy atom. The van der Waals surface area contributed by atoms with Gasteiger partial charge in [0.05, 0.1) is 12.7 Å². The average molecular weight is 546 g/mol. The van der Waals surface area contributed by atoms with Gasteiger partial charge in [-0.1, -0.05) is 0 Å². The molecule has 8 nitrogen and oxygen atoms in total. The topological polar surface area (TPSA) is 101 Å². The predicted molar refractivity (Wildman–Crippen MR) is 123 cm³/mol. The summed E-state index contributed by atoms with van der Waals surface area (Å²) in [6.07, 6.45) is 2.02. The Hall–Kier alpha value is -0.470. The van der Waals surface area contributed by atoms with Crippen LogP contribution in [0.3, 0.4) is 0 Å². The lowest BCUT2D eigenvalue weighted by Gasteiger charge is -2.12. The molecule has 0 bridgehead atoms. The third-order valence-electron chi connectivity index (χ3n) is 3.85. The molecule has 1 aromatic heterocycles. The average Bonchev–Trinajstić information content (AvgIpc) is 3.30. The largest absolute Gasteiger partial charge is 0.379 e. The summed E-state index contributed by atoms with van der Waals surface area (Å²) < 4.78 is 38.3. The van der Waals surface area contributed by atoms with E-state index in [2.05, 4.69) is 20.3 Å². The van der Waals surface area contributed by atoms with Crippen LogP contribution in [0.2, 0.25) is 0 Å². The van der Waals surface area contributed by atoms with Crippen molar-refractivity contribution in [2.75, 3.05) is 46.0 Å². The molecular weight excluding hydrogens is 515 g/mol. The van der Waals surface area contributed by atoms with E-state index in [1.807, 2.05) is 13.8 Å². The molecule has 2 rings (SSSR count). The van der Waals surface area contributed by atoms with Crippen LogP contribution in [0.15, 0.2) is 21.3 Å². The molecule has 1 atom stereocenters. The van der Waals surface area contributed by atoms with Crippen molar-refractivity contribution in [1.82, 2.24) is 15.4 Å². The van der Waals surface area contributed by atoms with Gasteiger partial charge in [-0.3, -0.25) is 4.99 Å². The van der Waals surface area contributed by atoms with Crippen molar-refractivity contribution in [3.8, 4) is 0 Å². The van der Waals surface area contributed by atoms with Crippen LogP contribution in [0.4, 0.5) is 0 Å². The Morgan fingerprint density at radius 1 is 1.36 bits per heavy atom. The number of ether oxygens (including phenoxy) is 2. The number of nitrogens with zero attached hydrogens (tertiary/aromatic N) is 1. The van der Waals surface area contributed by atoms with Gasteiger partial charge in [0.1, 0.15) is 4.21 Å². The molecule has 0 spiro atoms. The molecule has 0 aliphatic carbocycles. The Balaban J connectivity index is 0.00000392. The fraction of sp³-hybridized carbons (Fsp3) is 0.706. The molecule has 1 aromatic rings. The van der Waals surface area contributed by atoms with Crippen molar-refractivity contribution in [2.24, 2.45) is 4.99 Å². The van der Waals surface area contributed by atoms with Crippen LogP contribution >= 0.6 is 35.3 Å². The second-order valence-electron chi connectivity index (χ2n) is 6.16. The fourth-order valence-corrected chi connectivity index (χ4v) is 4.85. The van der Waals surface area contributed by atoms with Crippen LogP contribution in [0.25, 0.3) is 0 Å². The lowest BCUT2D eigenvalue weighted by atomic mass is 10.3. The molecule has 2 heterocycles. The second kappa shape index (κ2) is 13.7. The number of aryl methyl sites for hydroxylation is 1. The molecule has 0 radical (unpaired) electrons. The maximum atomic E-state index is 12.2. The van der Waals surface area contributed by atoms with Crippen molar-refractivity contribution >= 4 is 51.3 Å². The lowest BCUT2D eigenvalue weighted by molar-refractivity contribution is 0.0424. The number of aliphatic imine (C=N–C) groups is 1. The van der Waals surface area contributed by atoms with Gasteiger partial charge in [0.2, 0.25) is 10.0 Å². The molecule has 28 heavy (non-hydrogen) atoms. The molecule has 1 saturated heterocycles. The number of hydrogen-bond donors (Lipinski definition) is 3. The first-order valence-electron chi connectivity index (χ1n) is 9.29. The molecule has 1 aliphatic rings. The fourth-order valence-electron chi connectivity index (χ4n) is 2.49. The van der Waals surface area contributed by atoms with Gasteiger partial charge in [0.25, 0.3) is 0 Å². The predicted octanol–water partition coefficient (Wildman–Crippen LogP) is 1.70. The first-order chi connectivity index (χ1) is 13.0. The second-order valence-corrected chi connectivity index (χ2v) is 9.44. The van der Waals surface area contributed by atoms with Crippen LogP contribution in [0.1, 0.15) is 24.6 Å². The Labute approximate surface area is 188 Å². The monoisotopic (exact) mass is 546 g/mol. The minimum Gasteiger partial charge on any atom is -0.379 e. The summed E-state index contributed by atoms with van der Waals surface area (Å²) in [6, 6.07) is 3.43. The van der Waals surface area contributed by atoms with E-state index in [0.29, 0.717) is 36.5 Å². The normalized spacial score (nSPS) is 17.4. The SMILES string of the molecule is CCNC(=NCCCOC1CCOC1)NCCNS(=O)(=O)c1ccc(C)s1.I. The first-order valence-corrected chi connectivity index (χ1v) is 11.6. The molecule has 1 unspecified atom stereocenters. The Kier molecular flexibility index (Phi) is 12.5. The molecule has 1 aliphatic heterocycles. The van der Waals surface area contributed by atoms with E-state index in [9.17, 15) is 8.42 Å². The molecule has 3 N–H and O–H groups in total. The molecule has 1 fully saturated rings. The summed E-state index contributed by atoms with van der Waals surface area (Å²) >= 11 is 1.27. The molecule has 162 valence electrons. The van der Waals surface area contributed by atoms with Crippen LogP contribution in [0.5, 0.6) is 0 Å². The summed E-state index contributed by atoms with van der Waals surface area (Å²) in [5.74, 6) is 0.674. The number of nitrogens with one attached hydrogen (secondary N) is 3. The van der Waals surface area contributed by atoms with Crippen molar-refractivity contribution < 1.29 is 17.9 Å². The van der Waals surface area contributed by atoms with Crippen LogP contribution in [0, 0.1) is 6.92 Å². The minimum atomic E-state index is -3.44. The maximum absolute atomic E-state index is 12.2. The van der Waals surface area contributed by atoms with Crippen LogP contribution in [-0.2, 0) is 19.5 Å². The zero-order valence-corrected chi connectivity index (χ0v) is 20.4. The highest BCUT2D eigenvalue weighted by atomic mass is 127. The molecular formula is C17H31IN4O4S2. The minimum absolute atomic E-state index is 0. The van der Waals surface area contributed by atoms with Crippen LogP contribution < -0.4 is 15.4 Å². The van der Waals surface area contributed by atoms with E-state index in [1.165, 1.54) is 11.3 Å². The third kappa shape index (κ3) is 9.35. The zero-order valence-electron chi connectivity index (χ0n) is 16.4. The summed E-state index contributed by atoms with van der Waals surface area (Å²) in [4.78, 5) is 5.45. The number of hydrogen-bond acceptors (Lipinski definition) is 6. The van der Waals surface area contributed by atoms with Gasteiger partial charge >= 0.3 is 0 Å². The van der Waals surface area contributed by atoms with E-state index >= 15 is 0 Å². The van der Waals surface area contributed by atoms with Gasteiger partial charge in [0, 0.05) is 44.3 Å². The lowest BCUT2D eigenvalue weighted by Crippen LogP contribution is -2.41. The summed E-state index contributed by atoms with van der Waals surface area (Å²) in [5.41, 5.74) is 0. The van der Waals surface area contributed by atoms with Gasteiger partial charge < -0.3 is 20.1 Å². The number of sulfonamides is 1. The molecule has 11 heteroatoms. The van der Waals surface area contributed by atoms with Crippen LogP contribution in [-0.4, -0.2) is 66.5 Å². The highest BCUT2D eigenvalue weighted by molar-refractivity contribution is 14.0. The number of guanidine groups is 1. The zero-order chi connectivity index (χ0) is 19.5. The smallest absolute Gasteiger partial charge is 0.250 e. The number of rotatable bonds is 11. The van der Waals surface area contributed by atoms with Crippen molar-refractivity contribution in [3.63, 3.8) is 0 Å². The van der Waals surface area contributed by atoms with Gasteiger partial charge in [-0.25, -0.2) is 13.1 Å². The van der Waals surface area contributed by atoms with Crippen molar-refractivity contribution in [3.05, 3.63) is 17.0 Å². The van der Waals surface area contributed by atoms with E-state index in [0.717, 1.165) is 30.9 Å². The van der Waals surface area contributed by atoms with E-state index in [-0.39, 0.29) is 36.6 Å². The maximum Gasteiger partial charge on any atom is 0.250 e. The van der Waals surface area contributed by atoms with Gasteiger partial charge in [0.15, 0.2) is 5.96 Å². The quantitative estimate of drug-likeness (QED) is 0.169. The summed E-state index contributed by atoms with van der Waals surface area (Å²) in [5, 5.41) is 6.29. The standard InChI is InChI=1S/C17H30N4O4S2.HI/c1-3-18-17(19-8-4-11-25-15-7-12-24-13-15)20-9-10-21-27(22,23)16-6-5-14(2)26-16;/h5-6,15,21H,3-4,7-13H2,1-2H3,(H2,18,19,20);1H. The number of thiophene rings is 1. The highest BCUT2D eigenvalue weighted by Gasteiger charge is 2.16. The van der Waals surface area contributed by atoms with Gasteiger partial charge in [-0.2, -0.15) is 0 Å². The molecule has 0 aromatic carbocycles.